The molecule has 2 nitrogen and oxygen atoms in total. The summed E-state index contributed by atoms with van der Waals surface area (Å²) in [6, 6.07) is 3.38. The molecule has 1 N–H and O–H groups in total. The molecule has 0 bridgehead atoms. The number of pyridine rings is 1. The summed E-state index contributed by atoms with van der Waals surface area (Å²) in [5.74, 6) is -3.21. The van der Waals surface area contributed by atoms with Crippen molar-refractivity contribution in [3.05, 3.63) is 30.1 Å². The third-order valence-corrected chi connectivity index (χ3v) is 2.53. The maximum Gasteiger partial charge on any atom is 0.251 e. The van der Waals surface area contributed by atoms with Gasteiger partial charge in [0.25, 0.3) is 5.92 Å². The summed E-state index contributed by atoms with van der Waals surface area (Å²) < 4.78 is 25.1. The molecule has 2 unspecified atom stereocenters. The maximum absolute atomic E-state index is 12.5. The molecule has 0 amide bonds. The monoisotopic (exact) mass is 199 g/mol. The Balaban J connectivity index is 1.94. The second-order valence-electron chi connectivity index (χ2n) is 3.70. The van der Waals surface area contributed by atoms with Gasteiger partial charge in [0.15, 0.2) is 0 Å². The van der Waals surface area contributed by atoms with E-state index in [4.69, 9.17) is 0 Å². The van der Waals surface area contributed by atoms with Crippen LogP contribution in [0.15, 0.2) is 24.5 Å². The molecular weight excluding hydrogens is 188 g/mol. The molecule has 14 heavy (non-hydrogen) atoms. The summed E-state index contributed by atoms with van der Waals surface area (Å²) in [5, 5.41) is 9.59. The van der Waals surface area contributed by atoms with Gasteiger partial charge in [-0.1, -0.05) is 6.07 Å². The van der Waals surface area contributed by atoms with Gasteiger partial charge in [0.2, 0.25) is 0 Å². The van der Waals surface area contributed by atoms with Gasteiger partial charge in [0, 0.05) is 24.7 Å². The van der Waals surface area contributed by atoms with Crippen molar-refractivity contribution in [2.75, 3.05) is 0 Å². The fourth-order valence-electron chi connectivity index (χ4n) is 1.50. The van der Waals surface area contributed by atoms with Crippen LogP contribution in [0.4, 0.5) is 8.78 Å². The Morgan fingerprint density at radius 1 is 1.64 bits per heavy atom. The van der Waals surface area contributed by atoms with Crippen LogP contribution in [-0.2, 0) is 0 Å². The van der Waals surface area contributed by atoms with Crippen LogP contribution in [0.5, 0.6) is 0 Å². The van der Waals surface area contributed by atoms with Crippen LogP contribution in [0.25, 0.3) is 0 Å². The standard InChI is InChI=1S/C10H11F2NO/c11-10(12)5-8(10)4-9(14)7-2-1-3-13-6-7/h1-3,6,8-9,14H,4-5H2. The number of halogens is 2. The second-order valence-corrected chi connectivity index (χ2v) is 3.70. The maximum atomic E-state index is 12.5. The summed E-state index contributed by atoms with van der Waals surface area (Å²) in [4.78, 5) is 3.82. The van der Waals surface area contributed by atoms with E-state index in [0.717, 1.165) is 0 Å². The number of aliphatic hydroxyl groups excluding tert-OH is 1. The van der Waals surface area contributed by atoms with Crippen molar-refractivity contribution in [1.82, 2.24) is 4.98 Å². The molecule has 1 saturated carbocycles. The van der Waals surface area contributed by atoms with E-state index in [1.807, 2.05) is 0 Å². The third kappa shape index (κ3) is 1.90. The molecule has 1 heterocycles. The van der Waals surface area contributed by atoms with Gasteiger partial charge in [-0.2, -0.15) is 0 Å². The smallest absolute Gasteiger partial charge is 0.251 e. The highest BCUT2D eigenvalue weighted by Gasteiger charge is 2.56. The van der Waals surface area contributed by atoms with Gasteiger partial charge < -0.3 is 5.11 Å². The molecule has 1 aromatic heterocycles. The van der Waals surface area contributed by atoms with Crippen LogP contribution in [0, 0.1) is 5.92 Å². The van der Waals surface area contributed by atoms with E-state index in [9.17, 15) is 13.9 Å². The molecule has 0 saturated heterocycles. The van der Waals surface area contributed by atoms with E-state index in [1.165, 1.54) is 6.20 Å². The zero-order valence-corrected chi connectivity index (χ0v) is 7.53. The highest BCUT2D eigenvalue weighted by Crippen LogP contribution is 2.52. The van der Waals surface area contributed by atoms with Gasteiger partial charge in [-0.15, -0.1) is 0 Å². The Bertz CT molecular complexity index is 315. The average Bonchev–Trinajstić information content (AvgIpc) is 2.75. The van der Waals surface area contributed by atoms with Crippen molar-refractivity contribution in [1.29, 1.82) is 0 Å². The van der Waals surface area contributed by atoms with Crippen molar-refractivity contribution in [3.63, 3.8) is 0 Å². The van der Waals surface area contributed by atoms with Gasteiger partial charge >= 0.3 is 0 Å². The molecule has 1 aromatic rings. The first-order valence-corrected chi connectivity index (χ1v) is 4.55. The number of aromatic nitrogens is 1. The lowest BCUT2D eigenvalue weighted by Gasteiger charge is -2.09. The van der Waals surface area contributed by atoms with Gasteiger partial charge in [-0.05, 0) is 18.1 Å². The summed E-state index contributed by atoms with van der Waals surface area (Å²) in [6.45, 7) is 0. The van der Waals surface area contributed by atoms with Crippen LogP contribution in [0.3, 0.4) is 0 Å². The Hall–Kier alpha value is -1.03. The van der Waals surface area contributed by atoms with Gasteiger partial charge in [-0.3, -0.25) is 4.98 Å². The lowest BCUT2D eigenvalue weighted by molar-refractivity contribution is 0.0767. The van der Waals surface area contributed by atoms with E-state index in [0.29, 0.717) is 5.56 Å². The van der Waals surface area contributed by atoms with Crippen molar-refractivity contribution >= 4 is 0 Å². The predicted octanol–water partition coefficient (Wildman–Crippen LogP) is 2.16. The first-order chi connectivity index (χ1) is 6.59. The molecule has 1 fully saturated rings. The fraction of sp³-hybridized carbons (Fsp3) is 0.500. The lowest BCUT2D eigenvalue weighted by Crippen LogP contribution is -2.02. The molecule has 2 atom stereocenters. The third-order valence-electron chi connectivity index (χ3n) is 2.53. The summed E-state index contributed by atoms with van der Waals surface area (Å²) in [7, 11) is 0. The molecule has 0 aromatic carbocycles. The molecule has 76 valence electrons. The Morgan fingerprint density at radius 3 is 2.86 bits per heavy atom. The molecule has 0 radical (unpaired) electrons. The first-order valence-electron chi connectivity index (χ1n) is 4.55. The largest absolute Gasteiger partial charge is 0.388 e. The molecule has 0 spiro atoms. The average molecular weight is 199 g/mol. The van der Waals surface area contributed by atoms with Crippen LogP contribution in [0.2, 0.25) is 0 Å². The van der Waals surface area contributed by atoms with Crippen molar-refractivity contribution in [2.45, 2.75) is 24.9 Å². The van der Waals surface area contributed by atoms with Crippen LogP contribution >= 0.6 is 0 Å². The number of nitrogens with zero attached hydrogens (tertiary/aromatic N) is 1. The van der Waals surface area contributed by atoms with Gasteiger partial charge in [0.05, 0.1) is 6.10 Å². The van der Waals surface area contributed by atoms with Crippen LogP contribution in [0.1, 0.15) is 24.5 Å². The summed E-state index contributed by atoms with van der Waals surface area (Å²) >= 11 is 0. The Labute approximate surface area is 80.6 Å². The number of hydrogen-bond donors (Lipinski definition) is 1. The van der Waals surface area contributed by atoms with E-state index in [-0.39, 0.29) is 12.8 Å². The van der Waals surface area contributed by atoms with Crippen molar-refractivity contribution in [3.8, 4) is 0 Å². The molecule has 1 aliphatic carbocycles. The van der Waals surface area contributed by atoms with E-state index in [2.05, 4.69) is 4.98 Å². The summed E-state index contributed by atoms with van der Waals surface area (Å²) in [6.07, 6.45) is 2.30. The minimum atomic E-state index is -2.55. The van der Waals surface area contributed by atoms with Crippen molar-refractivity contribution in [2.24, 2.45) is 5.92 Å². The number of hydrogen-bond acceptors (Lipinski definition) is 2. The van der Waals surface area contributed by atoms with Gasteiger partial charge in [-0.25, -0.2) is 8.78 Å². The SMILES string of the molecule is OC(CC1CC1(F)F)c1cccnc1. The lowest BCUT2D eigenvalue weighted by atomic mass is 10.1. The number of alkyl halides is 2. The quantitative estimate of drug-likeness (QED) is 0.809. The van der Waals surface area contributed by atoms with Crippen LogP contribution < -0.4 is 0 Å². The second kappa shape index (κ2) is 3.28. The fourth-order valence-corrected chi connectivity index (χ4v) is 1.50. The number of rotatable bonds is 3. The normalized spacial score (nSPS) is 25.8. The van der Waals surface area contributed by atoms with Gasteiger partial charge in [0.1, 0.15) is 0 Å². The molecule has 4 heteroatoms. The minimum Gasteiger partial charge on any atom is -0.388 e. The molecular formula is C10H11F2NO. The highest BCUT2D eigenvalue weighted by atomic mass is 19.3. The molecule has 2 rings (SSSR count). The first kappa shape index (κ1) is 9.52. The predicted molar refractivity (Wildman–Crippen MR) is 46.9 cm³/mol. The Kier molecular flexibility index (Phi) is 2.23. The Morgan fingerprint density at radius 2 is 2.36 bits per heavy atom. The van der Waals surface area contributed by atoms with E-state index >= 15 is 0 Å². The zero-order chi connectivity index (χ0) is 10.2. The molecule has 0 aliphatic heterocycles. The van der Waals surface area contributed by atoms with Crippen molar-refractivity contribution < 1.29 is 13.9 Å². The zero-order valence-electron chi connectivity index (χ0n) is 7.53. The van der Waals surface area contributed by atoms with E-state index < -0.39 is 17.9 Å². The van der Waals surface area contributed by atoms with E-state index in [1.54, 1.807) is 18.3 Å². The topological polar surface area (TPSA) is 33.1 Å². The number of aliphatic hydroxyl groups is 1. The highest BCUT2D eigenvalue weighted by molar-refractivity contribution is 5.13. The molecule has 1 aliphatic rings. The minimum absolute atomic E-state index is 0.0929. The van der Waals surface area contributed by atoms with Crippen LogP contribution in [-0.4, -0.2) is 16.0 Å². The summed E-state index contributed by atoms with van der Waals surface area (Å²) in [5.41, 5.74) is 0.607.